The van der Waals surface area contributed by atoms with E-state index < -0.39 is 0 Å². The van der Waals surface area contributed by atoms with Crippen LogP contribution in [-0.4, -0.2) is 24.5 Å². The minimum atomic E-state index is 0.539. The molecule has 0 amide bonds. The fourth-order valence-corrected chi connectivity index (χ4v) is 10.3. The summed E-state index contributed by atoms with van der Waals surface area (Å²) in [5.74, 6) is 1.72. The first-order valence-electron chi connectivity index (χ1n) is 20.3. The first kappa shape index (κ1) is 33.9. The summed E-state index contributed by atoms with van der Waals surface area (Å²) >= 11 is 1.78. The Labute approximate surface area is 352 Å². The maximum Gasteiger partial charge on any atom is 0.166 e. The van der Waals surface area contributed by atoms with Crippen molar-refractivity contribution in [1.29, 1.82) is 0 Å². The largest absolute Gasteiger partial charge is 0.454 e. The van der Waals surface area contributed by atoms with Gasteiger partial charge in [0.25, 0.3) is 0 Å². The molecule has 13 rings (SSSR count). The lowest BCUT2D eigenvalue weighted by molar-refractivity contribution is 0.667. The molecule has 5 heterocycles. The monoisotopic (exact) mass is 797 g/mol. The van der Waals surface area contributed by atoms with Crippen LogP contribution in [0, 0.1) is 0 Å². The van der Waals surface area contributed by atoms with E-state index in [-0.39, 0.29) is 0 Å². The van der Waals surface area contributed by atoms with Gasteiger partial charge in [-0.2, -0.15) is 0 Å². The number of hydrogen-bond acceptors (Lipinski definition) is 6. The minimum Gasteiger partial charge on any atom is -0.454 e. The Hall–Kier alpha value is -8.00. The highest BCUT2D eigenvalue weighted by molar-refractivity contribution is 7.25. The molecule has 0 atom stereocenters. The van der Waals surface area contributed by atoms with E-state index in [1.54, 1.807) is 17.5 Å². The summed E-state index contributed by atoms with van der Waals surface area (Å²) in [5.41, 5.74) is 9.79. The highest BCUT2D eigenvalue weighted by atomic mass is 32.1. The summed E-state index contributed by atoms with van der Waals surface area (Å²) in [6, 6.07) is 62.3. The fourth-order valence-electron chi connectivity index (χ4n) is 9.12. The Bertz CT molecular complexity index is 3900. The average Bonchev–Trinajstić information content (AvgIpc) is 4.01. The number of benzene rings is 8. The van der Waals surface area contributed by atoms with E-state index in [0.717, 1.165) is 49.9 Å². The van der Waals surface area contributed by atoms with Gasteiger partial charge in [-0.25, -0.2) is 15.0 Å². The number of hydrogen-bond donors (Lipinski definition) is 0. The molecule has 0 saturated heterocycles. The Morgan fingerprint density at radius 3 is 2.02 bits per heavy atom. The van der Waals surface area contributed by atoms with E-state index in [1.807, 2.05) is 24.4 Å². The Morgan fingerprint density at radius 2 is 1.11 bits per heavy atom. The third kappa shape index (κ3) is 5.34. The summed E-state index contributed by atoms with van der Waals surface area (Å²) in [5, 5.41) is 9.43. The minimum absolute atomic E-state index is 0.539. The fraction of sp³-hybridized carbons (Fsp3) is 0. The smallest absolute Gasteiger partial charge is 0.166 e. The van der Waals surface area contributed by atoms with Crippen molar-refractivity contribution in [2.75, 3.05) is 0 Å². The number of furan rings is 1. The molecule has 0 saturated carbocycles. The van der Waals surface area contributed by atoms with Gasteiger partial charge in [0.1, 0.15) is 5.58 Å². The van der Waals surface area contributed by atoms with Crippen molar-refractivity contribution in [3.8, 4) is 51.0 Å². The molecule has 0 radical (unpaired) electrons. The second kappa shape index (κ2) is 13.3. The number of rotatable bonds is 5. The van der Waals surface area contributed by atoms with Gasteiger partial charge < -0.3 is 8.98 Å². The summed E-state index contributed by atoms with van der Waals surface area (Å²) in [6.07, 6.45) is 3.59. The van der Waals surface area contributed by atoms with Crippen LogP contribution in [0.5, 0.6) is 0 Å². The maximum atomic E-state index is 6.23. The predicted octanol–water partition coefficient (Wildman–Crippen LogP) is 14.5. The van der Waals surface area contributed by atoms with Gasteiger partial charge in [-0.05, 0) is 64.4 Å². The van der Waals surface area contributed by atoms with Gasteiger partial charge in [0.15, 0.2) is 23.1 Å². The topological polar surface area (TPSA) is 69.6 Å². The van der Waals surface area contributed by atoms with Gasteiger partial charge in [0.2, 0.25) is 0 Å². The summed E-state index contributed by atoms with van der Waals surface area (Å²) in [4.78, 5) is 20.0. The molecule has 7 heteroatoms. The molecule has 0 aliphatic carbocycles. The van der Waals surface area contributed by atoms with Gasteiger partial charge >= 0.3 is 0 Å². The van der Waals surface area contributed by atoms with E-state index in [4.69, 9.17) is 19.4 Å². The molecule has 0 bridgehead atoms. The molecule has 0 aliphatic rings. The summed E-state index contributed by atoms with van der Waals surface area (Å²) < 4.78 is 11.1. The predicted molar refractivity (Wildman–Crippen MR) is 251 cm³/mol. The van der Waals surface area contributed by atoms with Crippen molar-refractivity contribution >= 4 is 86.0 Å². The van der Waals surface area contributed by atoms with Crippen molar-refractivity contribution in [3.05, 3.63) is 188 Å². The Morgan fingerprint density at radius 1 is 0.410 bits per heavy atom. The zero-order valence-corrected chi connectivity index (χ0v) is 33.3. The lowest BCUT2D eigenvalue weighted by Crippen LogP contribution is -2.00. The zero-order chi connectivity index (χ0) is 40.0. The number of nitrogens with zero attached hydrogens (tertiary/aromatic N) is 5. The van der Waals surface area contributed by atoms with E-state index in [1.165, 1.54) is 52.8 Å². The number of pyridine rings is 1. The van der Waals surface area contributed by atoms with Crippen LogP contribution in [0.3, 0.4) is 0 Å². The molecule has 61 heavy (non-hydrogen) atoms. The standard InChI is InChI=1S/C54H31N5OS/c1-2-13-38-33(10-1)25-27-45-50(38)41-15-3-6-17-44(41)59(45)37-12-9-11-35(28-37)32-20-22-34(23-21-32)52-56-53(36-24-26-40-39-14-5-8-19-48(39)61-49(40)29-36)58-54(57-52)43-30-55-31-47-51(43)42-16-4-7-18-46(42)60-47/h1-31H. The van der Waals surface area contributed by atoms with Crippen LogP contribution in [0.25, 0.3) is 126 Å². The molecular formula is C54H31N5OS. The molecule has 13 aromatic rings. The molecule has 0 unspecified atom stereocenters. The third-order valence-corrected chi connectivity index (χ3v) is 13.1. The average molecular weight is 798 g/mol. The van der Waals surface area contributed by atoms with E-state index in [0.29, 0.717) is 23.1 Å². The second-order valence-corrected chi connectivity index (χ2v) is 16.5. The van der Waals surface area contributed by atoms with Crippen molar-refractivity contribution < 1.29 is 4.42 Å². The van der Waals surface area contributed by atoms with Gasteiger partial charge in [-0.1, -0.05) is 133 Å². The molecule has 6 nitrogen and oxygen atoms in total. The van der Waals surface area contributed by atoms with Crippen LogP contribution in [0.15, 0.2) is 193 Å². The van der Waals surface area contributed by atoms with Crippen molar-refractivity contribution in [3.63, 3.8) is 0 Å². The Kier molecular flexibility index (Phi) is 7.37. The lowest BCUT2D eigenvalue weighted by atomic mass is 10.0. The van der Waals surface area contributed by atoms with Crippen LogP contribution < -0.4 is 0 Å². The van der Waals surface area contributed by atoms with Gasteiger partial charge in [-0.3, -0.25) is 4.98 Å². The van der Waals surface area contributed by atoms with E-state index in [9.17, 15) is 0 Å². The second-order valence-electron chi connectivity index (χ2n) is 15.4. The van der Waals surface area contributed by atoms with E-state index in [2.05, 4.69) is 167 Å². The van der Waals surface area contributed by atoms with Gasteiger partial charge in [0.05, 0.1) is 17.2 Å². The Balaban J connectivity index is 0.940. The first-order chi connectivity index (χ1) is 30.2. The van der Waals surface area contributed by atoms with Crippen molar-refractivity contribution in [2.24, 2.45) is 0 Å². The van der Waals surface area contributed by atoms with Crippen LogP contribution in [-0.2, 0) is 0 Å². The number of para-hydroxylation sites is 2. The molecule has 0 aliphatic heterocycles. The molecule has 0 spiro atoms. The molecule has 284 valence electrons. The summed E-state index contributed by atoms with van der Waals surface area (Å²) in [6.45, 7) is 0. The first-order valence-corrected chi connectivity index (χ1v) is 21.1. The third-order valence-electron chi connectivity index (χ3n) is 11.9. The molecule has 8 aromatic carbocycles. The summed E-state index contributed by atoms with van der Waals surface area (Å²) in [7, 11) is 0. The van der Waals surface area contributed by atoms with Crippen LogP contribution in [0.1, 0.15) is 0 Å². The molecule has 0 N–H and O–H groups in total. The van der Waals surface area contributed by atoms with Crippen molar-refractivity contribution in [2.45, 2.75) is 0 Å². The zero-order valence-electron chi connectivity index (χ0n) is 32.5. The van der Waals surface area contributed by atoms with E-state index >= 15 is 0 Å². The number of thiophene rings is 1. The van der Waals surface area contributed by atoms with Crippen LogP contribution in [0.2, 0.25) is 0 Å². The van der Waals surface area contributed by atoms with Crippen LogP contribution in [0.4, 0.5) is 0 Å². The maximum absolute atomic E-state index is 6.23. The number of fused-ring (bicyclic) bond motifs is 11. The molecular weight excluding hydrogens is 767 g/mol. The lowest BCUT2D eigenvalue weighted by Gasteiger charge is -2.12. The highest BCUT2D eigenvalue weighted by Gasteiger charge is 2.20. The van der Waals surface area contributed by atoms with Crippen molar-refractivity contribution in [1.82, 2.24) is 24.5 Å². The van der Waals surface area contributed by atoms with Gasteiger partial charge in [0, 0.05) is 70.3 Å². The molecule has 5 aromatic heterocycles. The molecule has 0 fully saturated rings. The number of aromatic nitrogens is 5. The quantitative estimate of drug-likeness (QED) is 0.173. The van der Waals surface area contributed by atoms with Crippen LogP contribution >= 0.6 is 11.3 Å². The highest BCUT2D eigenvalue weighted by Crippen LogP contribution is 2.40. The van der Waals surface area contributed by atoms with Gasteiger partial charge in [-0.15, -0.1) is 11.3 Å². The normalized spacial score (nSPS) is 11.9. The SMILES string of the molecule is c1cc(-c2ccc(-c3nc(-c4ccc5c(c4)sc4ccccc45)nc(-c4cncc5oc6ccccc6c45)n3)cc2)cc(-n2c3ccccc3c3c4ccccc4ccc32)c1.